The summed E-state index contributed by atoms with van der Waals surface area (Å²) in [6, 6.07) is 19.9. The molecule has 3 aromatic carbocycles. The van der Waals surface area contributed by atoms with Crippen LogP contribution in [0.3, 0.4) is 0 Å². The first-order valence-electron chi connectivity index (χ1n) is 11.2. The maximum Gasteiger partial charge on any atom is 0.325 e. The number of carbonyl (C=O) groups is 3. The third-order valence-electron chi connectivity index (χ3n) is 6.22. The Morgan fingerprint density at radius 1 is 0.941 bits per heavy atom. The topological polar surface area (TPSA) is 142 Å². The molecule has 1 aliphatic rings. The van der Waals surface area contributed by atoms with Gasteiger partial charge in [0.15, 0.2) is 0 Å². The van der Waals surface area contributed by atoms with E-state index in [1.807, 2.05) is 60.7 Å². The van der Waals surface area contributed by atoms with Crippen molar-refractivity contribution in [2.75, 3.05) is 0 Å². The second-order valence-corrected chi connectivity index (χ2v) is 8.58. The van der Waals surface area contributed by atoms with Crippen LogP contribution in [0.2, 0.25) is 0 Å². The Kier molecular flexibility index (Phi) is 6.32. The summed E-state index contributed by atoms with van der Waals surface area (Å²) in [5.74, 6) is -0.729. The number of nitrogens with two attached hydrogens (primary N) is 2. The number of carbonyl (C=O) groups excluding carboxylic acids is 3. The van der Waals surface area contributed by atoms with Gasteiger partial charge in [-0.25, -0.2) is 4.79 Å². The van der Waals surface area contributed by atoms with Crippen molar-refractivity contribution in [2.45, 2.75) is 37.8 Å². The Labute approximate surface area is 197 Å². The minimum atomic E-state index is -1.19. The SMILES string of the molecule is N=C(N)c1ccc2ccc(CN3C(=O)NC(CCCCC(N)=O)(c4ccccc4)C3=O)cc2c1. The molecule has 0 spiro atoms. The molecule has 8 heteroatoms. The maximum atomic E-state index is 13.7. The largest absolute Gasteiger partial charge is 0.384 e. The second kappa shape index (κ2) is 9.35. The molecule has 1 heterocycles. The highest BCUT2D eigenvalue weighted by molar-refractivity contribution is 6.07. The van der Waals surface area contributed by atoms with E-state index in [0.29, 0.717) is 30.4 Å². The molecule has 4 rings (SSSR count). The number of nitrogen functional groups attached to an aromatic ring is 1. The second-order valence-electron chi connectivity index (χ2n) is 8.58. The first kappa shape index (κ1) is 23.0. The van der Waals surface area contributed by atoms with Crippen LogP contribution in [0.4, 0.5) is 4.79 Å². The molecule has 1 aliphatic heterocycles. The van der Waals surface area contributed by atoms with E-state index in [2.05, 4.69) is 5.32 Å². The highest BCUT2D eigenvalue weighted by atomic mass is 16.2. The van der Waals surface area contributed by atoms with E-state index in [1.165, 1.54) is 4.90 Å². The van der Waals surface area contributed by atoms with Crippen molar-refractivity contribution in [3.05, 3.63) is 83.4 Å². The van der Waals surface area contributed by atoms with Gasteiger partial charge in [-0.1, -0.05) is 54.6 Å². The number of nitrogens with one attached hydrogen (secondary N) is 2. The maximum absolute atomic E-state index is 13.7. The van der Waals surface area contributed by atoms with Gasteiger partial charge in [0.25, 0.3) is 5.91 Å². The highest BCUT2D eigenvalue weighted by Gasteiger charge is 2.51. The minimum absolute atomic E-state index is 0.0228. The summed E-state index contributed by atoms with van der Waals surface area (Å²) in [6.45, 7) is 0.112. The van der Waals surface area contributed by atoms with Gasteiger partial charge in [-0.2, -0.15) is 0 Å². The number of benzene rings is 3. The number of hydrogen-bond donors (Lipinski definition) is 4. The number of urea groups is 1. The number of amides is 4. The van der Waals surface area contributed by atoms with E-state index in [4.69, 9.17) is 16.9 Å². The molecule has 1 saturated heterocycles. The number of fused-ring (bicyclic) bond motifs is 1. The average molecular weight is 458 g/mol. The molecule has 34 heavy (non-hydrogen) atoms. The monoisotopic (exact) mass is 457 g/mol. The molecule has 0 aliphatic carbocycles. The Bertz CT molecular complexity index is 1270. The fourth-order valence-corrected chi connectivity index (χ4v) is 4.44. The minimum Gasteiger partial charge on any atom is -0.384 e. The molecular formula is C26H27N5O3. The van der Waals surface area contributed by atoms with Gasteiger partial charge in [-0.15, -0.1) is 0 Å². The van der Waals surface area contributed by atoms with E-state index in [0.717, 1.165) is 16.3 Å². The van der Waals surface area contributed by atoms with Gasteiger partial charge in [0.1, 0.15) is 11.4 Å². The van der Waals surface area contributed by atoms with Crippen molar-refractivity contribution in [2.24, 2.45) is 11.5 Å². The molecule has 1 atom stereocenters. The summed E-state index contributed by atoms with van der Waals surface area (Å²) in [5.41, 5.74) is 11.8. The first-order valence-corrected chi connectivity index (χ1v) is 11.2. The quantitative estimate of drug-likeness (QED) is 0.169. The molecule has 6 N–H and O–H groups in total. The van der Waals surface area contributed by atoms with E-state index in [1.54, 1.807) is 6.07 Å². The van der Waals surface area contributed by atoms with Crippen molar-refractivity contribution in [3.8, 4) is 0 Å². The predicted molar refractivity (Wildman–Crippen MR) is 130 cm³/mol. The fourth-order valence-electron chi connectivity index (χ4n) is 4.44. The van der Waals surface area contributed by atoms with Gasteiger partial charge < -0.3 is 16.8 Å². The van der Waals surface area contributed by atoms with Crippen molar-refractivity contribution in [1.29, 1.82) is 5.41 Å². The summed E-state index contributed by atoms with van der Waals surface area (Å²) in [4.78, 5) is 39.0. The van der Waals surface area contributed by atoms with Crippen LogP contribution in [0.5, 0.6) is 0 Å². The van der Waals surface area contributed by atoms with Crippen LogP contribution in [0.15, 0.2) is 66.7 Å². The zero-order chi connectivity index (χ0) is 24.3. The summed E-state index contributed by atoms with van der Waals surface area (Å²) < 4.78 is 0. The van der Waals surface area contributed by atoms with Crippen molar-refractivity contribution in [3.63, 3.8) is 0 Å². The molecule has 3 aromatic rings. The fraction of sp³-hybridized carbons (Fsp3) is 0.231. The van der Waals surface area contributed by atoms with Crippen LogP contribution in [-0.4, -0.2) is 28.6 Å². The van der Waals surface area contributed by atoms with E-state index in [9.17, 15) is 14.4 Å². The highest BCUT2D eigenvalue weighted by Crippen LogP contribution is 2.35. The van der Waals surface area contributed by atoms with Crippen molar-refractivity contribution < 1.29 is 14.4 Å². The van der Waals surface area contributed by atoms with Crippen LogP contribution < -0.4 is 16.8 Å². The van der Waals surface area contributed by atoms with Gasteiger partial charge in [-0.3, -0.25) is 19.9 Å². The molecule has 0 aromatic heterocycles. The number of imide groups is 1. The predicted octanol–water partition coefficient (Wildman–Crippen LogP) is 3.12. The van der Waals surface area contributed by atoms with E-state index in [-0.39, 0.29) is 30.6 Å². The number of primary amides is 1. The van der Waals surface area contributed by atoms with Crippen molar-refractivity contribution >= 4 is 34.5 Å². The molecule has 8 nitrogen and oxygen atoms in total. The van der Waals surface area contributed by atoms with Crippen molar-refractivity contribution in [1.82, 2.24) is 10.2 Å². The lowest BCUT2D eigenvalue weighted by Gasteiger charge is -2.27. The summed E-state index contributed by atoms with van der Waals surface area (Å²) in [5, 5.41) is 12.4. The number of amidine groups is 1. The Balaban J connectivity index is 1.61. The molecule has 0 radical (unpaired) electrons. The van der Waals surface area contributed by atoms with E-state index < -0.39 is 11.6 Å². The lowest BCUT2D eigenvalue weighted by atomic mass is 9.84. The van der Waals surface area contributed by atoms with Crippen LogP contribution in [0.25, 0.3) is 10.8 Å². The Hall–Kier alpha value is -4.20. The normalized spacial score (nSPS) is 17.7. The van der Waals surface area contributed by atoms with Gasteiger partial charge >= 0.3 is 6.03 Å². The molecular weight excluding hydrogens is 430 g/mol. The lowest BCUT2D eigenvalue weighted by Crippen LogP contribution is -2.44. The van der Waals surface area contributed by atoms with Gasteiger partial charge in [-0.05, 0) is 53.3 Å². The Morgan fingerprint density at radius 2 is 1.68 bits per heavy atom. The van der Waals surface area contributed by atoms with Crippen LogP contribution in [-0.2, 0) is 21.7 Å². The van der Waals surface area contributed by atoms with E-state index >= 15 is 0 Å². The van der Waals surface area contributed by atoms with Crippen LogP contribution in [0, 0.1) is 5.41 Å². The number of rotatable bonds is 9. The number of nitrogens with zero attached hydrogens (tertiary/aromatic N) is 1. The zero-order valence-corrected chi connectivity index (χ0v) is 18.7. The molecule has 0 bridgehead atoms. The molecule has 174 valence electrons. The van der Waals surface area contributed by atoms with Gasteiger partial charge in [0, 0.05) is 12.0 Å². The zero-order valence-electron chi connectivity index (χ0n) is 18.7. The summed E-state index contributed by atoms with van der Waals surface area (Å²) >= 11 is 0. The van der Waals surface area contributed by atoms with Crippen LogP contribution in [0.1, 0.15) is 42.4 Å². The van der Waals surface area contributed by atoms with Gasteiger partial charge in [0.2, 0.25) is 5.91 Å². The lowest BCUT2D eigenvalue weighted by molar-refractivity contribution is -0.132. The Morgan fingerprint density at radius 3 is 2.38 bits per heavy atom. The molecule has 0 saturated carbocycles. The molecule has 4 amide bonds. The first-order chi connectivity index (χ1) is 16.3. The summed E-state index contributed by atoms with van der Waals surface area (Å²) in [7, 11) is 0. The van der Waals surface area contributed by atoms with Gasteiger partial charge in [0.05, 0.1) is 6.54 Å². The number of hydrogen-bond acceptors (Lipinski definition) is 4. The molecule has 1 unspecified atom stereocenters. The standard InChI is InChI=1S/C26H27N5O3/c27-22(32)8-4-5-13-26(21-6-2-1-3-7-21)24(33)31(25(34)30-26)16-17-9-10-18-11-12-19(23(28)29)15-20(18)14-17/h1-3,6-7,9-12,14-15H,4-5,8,13,16H2,(H2,27,32)(H3,28,29)(H,30,34). The third kappa shape index (κ3) is 4.47. The average Bonchev–Trinajstić information content (AvgIpc) is 3.07. The third-order valence-corrected chi connectivity index (χ3v) is 6.22. The van der Waals surface area contributed by atoms with Crippen LogP contribution >= 0.6 is 0 Å². The summed E-state index contributed by atoms with van der Waals surface area (Å²) in [6.07, 6.45) is 1.69. The molecule has 1 fully saturated rings. The number of unbranched alkanes of at least 4 members (excludes halogenated alkanes) is 1. The smallest absolute Gasteiger partial charge is 0.325 e.